The fourth-order valence-electron chi connectivity index (χ4n) is 3.18. The number of hydrogen-bond donors (Lipinski definition) is 2. The summed E-state index contributed by atoms with van der Waals surface area (Å²) in [5.41, 5.74) is 4.63. The summed E-state index contributed by atoms with van der Waals surface area (Å²) in [6.45, 7) is 1.01. The summed E-state index contributed by atoms with van der Waals surface area (Å²) >= 11 is 0. The Morgan fingerprint density at radius 2 is 1.71 bits per heavy atom. The second kappa shape index (κ2) is 6.15. The molecule has 0 saturated carbocycles. The molecule has 1 unspecified atom stereocenters. The molecule has 0 amide bonds. The van der Waals surface area contributed by atoms with Crippen LogP contribution in [-0.4, -0.2) is 18.7 Å². The summed E-state index contributed by atoms with van der Waals surface area (Å²) < 4.78 is 0. The molecule has 0 aromatic heterocycles. The average molecular weight is 279 g/mol. The van der Waals surface area contributed by atoms with Crippen molar-refractivity contribution >= 4 is 11.8 Å². The maximum atomic E-state index is 10.4. The van der Waals surface area contributed by atoms with E-state index in [0.29, 0.717) is 11.7 Å². The van der Waals surface area contributed by atoms with Crippen LogP contribution < -0.4 is 5.32 Å². The molecular weight excluding hydrogens is 258 g/mol. The Balaban J connectivity index is 2.09. The zero-order chi connectivity index (χ0) is 14.7. The second-order valence-electron chi connectivity index (χ2n) is 5.54. The Morgan fingerprint density at radius 3 is 2.52 bits per heavy atom. The molecule has 0 aliphatic heterocycles. The fraction of sp³-hybridized carbons (Fsp3) is 0.263. The van der Waals surface area contributed by atoms with Crippen molar-refractivity contribution in [3.63, 3.8) is 0 Å². The molecule has 21 heavy (non-hydrogen) atoms. The van der Waals surface area contributed by atoms with E-state index < -0.39 is 0 Å². The summed E-state index contributed by atoms with van der Waals surface area (Å²) in [6, 6.07) is 16.6. The van der Waals surface area contributed by atoms with E-state index in [1.54, 1.807) is 0 Å². The van der Waals surface area contributed by atoms with Crippen LogP contribution in [0.5, 0.6) is 0 Å². The van der Waals surface area contributed by atoms with Crippen LogP contribution in [0, 0.1) is 0 Å². The minimum absolute atomic E-state index is 0.339. The van der Waals surface area contributed by atoms with Crippen molar-refractivity contribution in [2.45, 2.75) is 18.8 Å². The van der Waals surface area contributed by atoms with Crippen molar-refractivity contribution in [3.05, 3.63) is 70.8 Å². The Bertz CT molecular complexity index is 660. The van der Waals surface area contributed by atoms with Crippen LogP contribution in [0.2, 0.25) is 0 Å². The zero-order valence-corrected chi connectivity index (χ0v) is 12.3. The van der Waals surface area contributed by atoms with Gasteiger partial charge >= 0.3 is 0 Å². The second-order valence-corrected chi connectivity index (χ2v) is 5.54. The van der Waals surface area contributed by atoms with Gasteiger partial charge in [-0.05, 0) is 49.2 Å². The summed E-state index contributed by atoms with van der Waals surface area (Å²) in [5.74, 6) is 0.709. The molecule has 3 rings (SSSR count). The number of aliphatic hydroxyl groups excluding tert-OH is 1. The molecule has 1 aliphatic rings. The highest BCUT2D eigenvalue weighted by atomic mass is 16.3. The van der Waals surface area contributed by atoms with Crippen molar-refractivity contribution in [2.24, 2.45) is 0 Å². The molecular formula is C19H21NO. The van der Waals surface area contributed by atoms with Gasteiger partial charge in [0.1, 0.15) is 5.76 Å². The first-order valence-electron chi connectivity index (χ1n) is 7.54. The van der Waals surface area contributed by atoms with Crippen molar-refractivity contribution in [2.75, 3.05) is 13.6 Å². The molecule has 1 aliphatic carbocycles. The van der Waals surface area contributed by atoms with Gasteiger partial charge in [0.25, 0.3) is 0 Å². The van der Waals surface area contributed by atoms with Crippen molar-refractivity contribution in [1.29, 1.82) is 0 Å². The third-order valence-corrected chi connectivity index (χ3v) is 4.20. The monoisotopic (exact) mass is 279 g/mol. The van der Waals surface area contributed by atoms with Crippen LogP contribution >= 0.6 is 0 Å². The normalized spacial score (nSPS) is 16.6. The number of hydrogen-bond acceptors (Lipinski definition) is 2. The number of fused-ring (bicyclic) bond motifs is 2. The van der Waals surface area contributed by atoms with Crippen LogP contribution in [0.15, 0.2) is 48.5 Å². The summed E-state index contributed by atoms with van der Waals surface area (Å²) in [6.07, 6.45) is 4.09. The smallest absolute Gasteiger partial charge is 0.123 e. The van der Waals surface area contributed by atoms with E-state index >= 15 is 0 Å². The topological polar surface area (TPSA) is 32.3 Å². The van der Waals surface area contributed by atoms with Gasteiger partial charge in [-0.2, -0.15) is 0 Å². The number of rotatable bonds is 4. The van der Waals surface area contributed by atoms with E-state index in [0.717, 1.165) is 30.5 Å². The molecule has 0 bridgehead atoms. The molecule has 0 fully saturated rings. The van der Waals surface area contributed by atoms with Gasteiger partial charge in [0, 0.05) is 11.5 Å². The van der Waals surface area contributed by atoms with Gasteiger partial charge < -0.3 is 10.4 Å². The molecule has 0 radical (unpaired) electrons. The first kappa shape index (κ1) is 13.9. The van der Waals surface area contributed by atoms with E-state index in [1.807, 2.05) is 31.3 Å². The molecule has 2 aromatic rings. The van der Waals surface area contributed by atoms with Crippen LogP contribution in [0.1, 0.15) is 41.0 Å². The molecule has 1 atom stereocenters. The van der Waals surface area contributed by atoms with Crippen molar-refractivity contribution in [1.82, 2.24) is 5.32 Å². The lowest BCUT2D eigenvalue weighted by Crippen LogP contribution is -2.11. The standard InChI is InChI=1S/C19H21NO/c1-20-12-6-11-16-15-8-3-2-7-14(15)13-19(21)18-10-5-4-9-17(16)18/h2-5,7-10,13,16,20-21H,6,11-12H2,1H3. The summed E-state index contributed by atoms with van der Waals surface area (Å²) in [4.78, 5) is 0. The summed E-state index contributed by atoms with van der Waals surface area (Å²) in [5, 5.41) is 13.6. The van der Waals surface area contributed by atoms with Gasteiger partial charge in [0.05, 0.1) is 0 Å². The highest BCUT2D eigenvalue weighted by molar-refractivity contribution is 5.81. The number of nitrogens with one attached hydrogen (secondary N) is 1. The number of aliphatic hydroxyl groups is 1. The quantitative estimate of drug-likeness (QED) is 0.823. The Labute approximate surface area is 126 Å². The Hall–Kier alpha value is -2.06. The highest BCUT2D eigenvalue weighted by Gasteiger charge is 2.23. The maximum absolute atomic E-state index is 10.4. The van der Waals surface area contributed by atoms with Gasteiger partial charge in [-0.1, -0.05) is 48.5 Å². The predicted octanol–water partition coefficient (Wildman–Crippen LogP) is 4.19. The van der Waals surface area contributed by atoms with E-state index in [1.165, 1.54) is 11.1 Å². The largest absolute Gasteiger partial charge is 0.507 e. The third-order valence-electron chi connectivity index (χ3n) is 4.20. The molecule has 2 N–H and O–H groups in total. The van der Waals surface area contributed by atoms with E-state index in [-0.39, 0.29) is 0 Å². The number of benzene rings is 2. The molecule has 2 aromatic carbocycles. The minimum Gasteiger partial charge on any atom is -0.507 e. The molecule has 0 saturated heterocycles. The molecule has 0 heterocycles. The molecule has 2 heteroatoms. The lowest BCUT2D eigenvalue weighted by Gasteiger charge is -2.20. The lowest BCUT2D eigenvalue weighted by molar-refractivity contribution is 0.514. The third kappa shape index (κ3) is 2.72. The predicted molar refractivity (Wildman–Crippen MR) is 88.4 cm³/mol. The first-order chi connectivity index (χ1) is 10.3. The molecule has 108 valence electrons. The SMILES string of the molecule is CNCCCC1c2ccccc2C=C(O)c2ccccc21. The van der Waals surface area contributed by atoms with Crippen LogP contribution in [0.25, 0.3) is 11.8 Å². The van der Waals surface area contributed by atoms with Gasteiger partial charge in [-0.3, -0.25) is 0 Å². The average Bonchev–Trinajstić information content (AvgIpc) is 2.63. The van der Waals surface area contributed by atoms with E-state index in [9.17, 15) is 5.11 Å². The van der Waals surface area contributed by atoms with Gasteiger partial charge in [0.15, 0.2) is 0 Å². The van der Waals surface area contributed by atoms with Crippen LogP contribution in [-0.2, 0) is 0 Å². The van der Waals surface area contributed by atoms with Crippen LogP contribution in [0.4, 0.5) is 0 Å². The highest BCUT2D eigenvalue weighted by Crippen LogP contribution is 2.39. The molecule has 2 nitrogen and oxygen atoms in total. The maximum Gasteiger partial charge on any atom is 0.123 e. The minimum atomic E-state index is 0.339. The zero-order valence-electron chi connectivity index (χ0n) is 12.3. The first-order valence-corrected chi connectivity index (χ1v) is 7.54. The lowest BCUT2D eigenvalue weighted by atomic mass is 9.84. The van der Waals surface area contributed by atoms with Crippen molar-refractivity contribution < 1.29 is 5.11 Å². The Kier molecular flexibility index (Phi) is 4.07. The van der Waals surface area contributed by atoms with Crippen molar-refractivity contribution in [3.8, 4) is 0 Å². The summed E-state index contributed by atoms with van der Waals surface area (Å²) in [7, 11) is 1.99. The fourth-order valence-corrected chi connectivity index (χ4v) is 3.18. The van der Waals surface area contributed by atoms with E-state index in [2.05, 4.69) is 35.6 Å². The Morgan fingerprint density at radius 1 is 1.00 bits per heavy atom. The van der Waals surface area contributed by atoms with Gasteiger partial charge in [-0.15, -0.1) is 0 Å². The van der Waals surface area contributed by atoms with Gasteiger partial charge in [-0.25, -0.2) is 0 Å². The van der Waals surface area contributed by atoms with Crippen LogP contribution in [0.3, 0.4) is 0 Å². The molecule has 0 spiro atoms. The van der Waals surface area contributed by atoms with E-state index in [4.69, 9.17) is 0 Å². The van der Waals surface area contributed by atoms with Gasteiger partial charge in [0.2, 0.25) is 0 Å².